The minimum atomic E-state index is -0.947. The molecule has 0 bridgehead atoms. The number of aliphatic hydroxyl groups is 1. The van der Waals surface area contributed by atoms with Gasteiger partial charge in [0.25, 0.3) is 0 Å². The monoisotopic (exact) mass is 458 g/mol. The van der Waals surface area contributed by atoms with Crippen LogP contribution in [0.2, 0.25) is 0 Å². The van der Waals surface area contributed by atoms with Crippen molar-refractivity contribution in [1.82, 2.24) is 4.98 Å². The third-order valence-electron chi connectivity index (χ3n) is 7.01. The molecule has 2 aliphatic rings. The molecule has 0 saturated carbocycles. The summed E-state index contributed by atoms with van der Waals surface area (Å²) in [4.78, 5) is 19.9. The number of anilines is 4. The van der Waals surface area contributed by atoms with Crippen LogP contribution in [0.3, 0.4) is 0 Å². The van der Waals surface area contributed by atoms with E-state index in [1.54, 1.807) is 6.20 Å². The highest BCUT2D eigenvalue weighted by Crippen LogP contribution is 2.36. The fourth-order valence-electron chi connectivity index (χ4n) is 4.98. The number of hydrogen-bond donors (Lipinski definition) is 3. The first kappa shape index (κ1) is 22.2. The Labute approximate surface area is 199 Å². The van der Waals surface area contributed by atoms with E-state index in [4.69, 9.17) is 0 Å². The second-order valence-electron chi connectivity index (χ2n) is 9.21. The molecule has 2 heterocycles. The lowest BCUT2D eigenvalue weighted by Crippen LogP contribution is -2.50. The van der Waals surface area contributed by atoms with Gasteiger partial charge in [-0.05, 0) is 72.9 Å². The number of pyridine rings is 1. The highest BCUT2D eigenvalue weighted by Gasteiger charge is 2.25. The molecule has 0 unspecified atom stereocenters. The van der Waals surface area contributed by atoms with Crippen LogP contribution in [0.4, 0.5) is 22.7 Å². The van der Waals surface area contributed by atoms with Gasteiger partial charge in [0.15, 0.2) is 0 Å². The number of β-amino-alcohol motifs (C(OH)–C–C–N with tert-alkyl or cyclic N) is 1. The Hall–Kier alpha value is -3.58. The van der Waals surface area contributed by atoms with Gasteiger partial charge < -0.3 is 25.3 Å². The van der Waals surface area contributed by atoms with Crippen molar-refractivity contribution in [3.05, 3.63) is 77.6 Å². The Bertz CT molecular complexity index is 1170. The maximum Gasteiger partial charge on any atom is 0.337 e. The van der Waals surface area contributed by atoms with E-state index in [0.717, 1.165) is 36.3 Å². The Balaban J connectivity index is 1.29. The molecule has 176 valence electrons. The van der Waals surface area contributed by atoms with Gasteiger partial charge in [-0.15, -0.1) is 0 Å². The summed E-state index contributed by atoms with van der Waals surface area (Å²) in [6.45, 7) is 2.09. The molecule has 34 heavy (non-hydrogen) atoms. The summed E-state index contributed by atoms with van der Waals surface area (Å²) in [6, 6.07) is 16.7. The molecule has 5 rings (SSSR count). The SMILES string of the molecule is CN(c1ccc(N2CC(O)C2)cc1)c1ccc2c(c1)CCC[C@H]2CNc1cnccc1C(=O)O. The first-order chi connectivity index (χ1) is 16.5. The lowest BCUT2D eigenvalue weighted by atomic mass is 9.82. The smallest absolute Gasteiger partial charge is 0.337 e. The number of benzene rings is 2. The molecule has 3 aromatic rings. The van der Waals surface area contributed by atoms with E-state index in [1.165, 1.54) is 23.4 Å². The van der Waals surface area contributed by atoms with Crippen molar-refractivity contribution in [2.24, 2.45) is 0 Å². The number of carbonyl (C=O) groups is 1. The van der Waals surface area contributed by atoms with Crippen LogP contribution in [0.5, 0.6) is 0 Å². The van der Waals surface area contributed by atoms with Gasteiger partial charge in [-0.1, -0.05) is 6.07 Å². The van der Waals surface area contributed by atoms with Gasteiger partial charge in [0.05, 0.1) is 23.6 Å². The minimum Gasteiger partial charge on any atom is -0.478 e. The highest BCUT2D eigenvalue weighted by atomic mass is 16.4. The average Bonchev–Trinajstić information content (AvgIpc) is 2.85. The van der Waals surface area contributed by atoms with Crippen molar-refractivity contribution in [3.63, 3.8) is 0 Å². The first-order valence-corrected chi connectivity index (χ1v) is 11.8. The van der Waals surface area contributed by atoms with Crippen LogP contribution in [-0.2, 0) is 6.42 Å². The van der Waals surface area contributed by atoms with Gasteiger partial charge in [0, 0.05) is 55.9 Å². The van der Waals surface area contributed by atoms with Crippen molar-refractivity contribution in [2.75, 3.05) is 41.8 Å². The van der Waals surface area contributed by atoms with Crippen molar-refractivity contribution in [1.29, 1.82) is 0 Å². The number of fused-ring (bicyclic) bond motifs is 1. The molecule has 2 aromatic carbocycles. The van der Waals surface area contributed by atoms with E-state index in [9.17, 15) is 15.0 Å². The first-order valence-electron chi connectivity index (χ1n) is 11.8. The number of rotatable bonds is 7. The Morgan fingerprint density at radius 3 is 2.65 bits per heavy atom. The molecule has 1 aliphatic carbocycles. The van der Waals surface area contributed by atoms with Crippen molar-refractivity contribution >= 4 is 28.7 Å². The second-order valence-corrected chi connectivity index (χ2v) is 9.21. The third kappa shape index (κ3) is 4.43. The molecule has 1 saturated heterocycles. The van der Waals surface area contributed by atoms with E-state index in [1.807, 2.05) is 0 Å². The molecule has 0 spiro atoms. The number of aryl methyl sites for hydroxylation is 1. The molecule has 1 aromatic heterocycles. The van der Waals surface area contributed by atoms with Gasteiger partial charge in [-0.2, -0.15) is 0 Å². The summed E-state index contributed by atoms with van der Waals surface area (Å²) < 4.78 is 0. The standard InChI is InChI=1S/C27H30N4O3/c1-30(20-5-7-21(8-6-20)31-16-23(32)17-31)22-9-10-24-18(13-22)3-2-4-19(24)14-29-26-15-28-12-11-25(26)27(33)34/h5-13,15,19,23,29,32H,2-4,14,16-17H2,1H3,(H,33,34)/t19-/m0/s1. The van der Waals surface area contributed by atoms with Crippen molar-refractivity contribution in [3.8, 4) is 0 Å². The Morgan fingerprint density at radius 1 is 1.15 bits per heavy atom. The molecular weight excluding hydrogens is 428 g/mol. The summed E-state index contributed by atoms with van der Waals surface area (Å²) in [5.74, 6) is -0.617. The number of aliphatic hydroxyl groups excluding tert-OH is 1. The molecule has 1 atom stereocenters. The number of carboxylic acid groups (broad SMARTS) is 1. The van der Waals surface area contributed by atoms with E-state index in [0.29, 0.717) is 31.2 Å². The zero-order chi connectivity index (χ0) is 23.7. The van der Waals surface area contributed by atoms with E-state index < -0.39 is 5.97 Å². The fourth-order valence-corrected chi connectivity index (χ4v) is 4.98. The fraction of sp³-hybridized carbons (Fsp3) is 0.333. The van der Waals surface area contributed by atoms with Gasteiger partial charge in [0.1, 0.15) is 0 Å². The van der Waals surface area contributed by atoms with Gasteiger partial charge in [0.2, 0.25) is 0 Å². The molecule has 3 N–H and O–H groups in total. The molecule has 7 heteroatoms. The van der Waals surface area contributed by atoms with Gasteiger partial charge >= 0.3 is 5.97 Å². The Morgan fingerprint density at radius 2 is 1.91 bits per heavy atom. The lowest BCUT2D eigenvalue weighted by Gasteiger charge is -2.38. The summed E-state index contributed by atoms with van der Waals surface area (Å²) in [5.41, 5.74) is 6.93. The highest BCUT2D eigenvalue weighted by molar-refractivity contribution is 5.93. The van der Waals surface area contributed by atoms with Crippen LogP contribution >= 0.6 is 0 Å². The number of carboxylic acids is 1. The zero-order valence-corrected chi connectivity index (χ0v) is 19.3. The van der Waals surface area contributed by atoms with Crippen LogP contribution in [-0.4, -0.2) is 54.0 Å². The van der Waals surface area contributed by atoms with Crippen LogP contribution in [0.1, 0.15) is 40.2 Å². The van der Waals surface area contributed by atoms with Gasteiger partial charge in [-0.25, -0.2) is 4.79 Å². The maximum absolute atomic E-state index is 11.5. The van der Waals surface area contributed by atoms with Crippen LogP contribution in [0.25, 0.3) is 0 Å². The predicted molar refractivity (Wildman–Crippen MR) is 135 cm³/mol. The molecular formula is C27H30N4O3. The van der Waals surface area contributed by atoms with Crippen LogP contribution in [0, 0.1) is 0 Å². The Kier molecular flexibility index (Phi) is 6.11. The normalized spacial score (nSPS) is 17.6. The predicted octanol–water partition coefficient (Wildman–Crippen LogP) is 4.26. The quantitative estimate of drug-likeness (QED) is 0.487. The molecule has 1 fully saturated rings. The average molecular weight is 459 g/mol. The number of nitrogens with one attached hydrogen (secondary N) is 1. The zero-order valence-electron chi connectivity index (χ0n) is 19.3. The summed E-state index contributed by atoms with van der Waals surface area (Å²) >= 11 is 0. The molecule has 0 radical (unpaired) electrons. The van der Waals surface area contributed by atoms with Crippen LogP contribution < -0.4 is 15.1 Å². The maximum atomic E-state index is 11.5. The van der Waals surface area contributed by atoms with Crippen molar-refractivity contribution in [2.45, 2.75) is 31.3 Å². The number of aromatic nitrogens is 1. The minimum absolute atomic E-state index is 0.208. The van der Waals surface area contributed by atoms with E-state index in [2.05, 4.69) is 69.6 Å². The second kappa shape index (κ2) is 9.35. The number of hydrogen-bond acceptors (Lipinski definition) is 6. The lowest BCUT2D eigenvalue weighted by molar-refractivity contribution is 0.0697. The topological polar surface area (TPSA) is 88.9 Å². The van der Waals surface area contributed by atoms with Crippen molar-refractivity contribution < 1.29 is 15.0 Å². The molecule has 7 nitrogen and oxygen atoms in total. The van der Waals surface area contributed by atoms with E-state index in [-0.39, 0.29) is 11.7 Å². The number of aromatic carboxylic acids is 1. The number of nitrogens with zero attached hydrogens (tertiary/aromatic N) is 3. The largest absolute Gasteiger partial charge is 0.478 e. The van der Waals surface area contributed by atoms with Gasteiger partial charge in [-0.3, -0.25) is 4.98 Å². The van der Waals surface area contributed by atoms with Crippen LogP contribution in [0.15, 0.2) is 60.9 Å². The molecule has 1 aliphatic heterocycles. The third-order valence-corrected chi connectivity index (χ3v) is 7.01. The summed E-state index contributed by atoms with van der Waals surface area (Å²) in [5, 5.41) is 22.3. The van der Waals surface area contributed by atoms with E-state index >= 15 is 0 Å². The molecule has 0 amide bonds. The summed E-state index contributed by atoms with van der Waals surface area (Å²) in [7, 11) is 2.09. The summed E-state index contributed by atoms with van der Waals surface area (Å²) in [6.07, 6.45) is 6.12.